The standard InChI is InChI=1S/C20H17Cl2N3OS/c1-12-3-6-18-15(7-12)13(2)8-20(24-18)27-11-19(26)25-23-10-14-4-5-16(21)17(22)9-14/h3-10H,11H2,1-2H3,(H,25,26)/b23-10-. The minimum atomic E-state index is -0.209. The molecule has 0 aliphatic rings. The van der Waals surface area contributed by atoms with Crippen LogP contribution in [-0.4, -0.2) is 22.9 Å². The van der Waals surface area contributed by atoms with E-state index >= 15 is 0 Å². The third kappa shape index (κ3) is 5.22. The maximum atomic E-state index is 12.0. The van der Waals surface area contributed by atoms with Gasteiger partial charge >= 0.3 is 0 Å². The minimum Gasteiger partial charge on any atom is -0.272 e. The Morgan fingerprint density at radius 2 is 1.96 bits per heavy atom. The van der Waals surface area contributed by atoms with E-state index in [0.717, 1.165) is 27.1 Å². The highest BCUT2D eigenvalue weighted by molar-refractivity contribution is 7.99. The highest BCUT2D eigenvalue weighted by Crippen LogP contribution is 2.24. The van der Waals surface area contributed by atoms with Gasteiger partial charge < -0.3 is 0 Å². The largest absolute Gasteiger partial charge is 0.272 e. The number of hydrogen-bond donors (Lipinski definition) is 1. The average molecular weight is 418 g/mol. The first-order valence-electron chi connectivity index (χ1n) is 8.20. The predicted molar refractivity (Wildman–Crippen MR) is 114 cm³/mol. The number of fused-ring (bicyclic) bond motifs is 1. The van der Waals surface area contributed by atoms with Crippen LogP contribution in [-0.2, 0) is 4.79 Å². The lowest BCUT2D eigenvalue weighted by Crippen LogP contribution is -2.19. The third-order valence-corrected chi connectivity index (χ3v) is 5.50. The molecule has 1 heterocycles. The number of hydrogen-bond acceptors (Lipinski definition) is 4. The van der Waals surface area contributed by atoms with Gasteiger partial charge in [-0.25, -0.2) is 10.4 Å². The molecule has 2 aromatic carbocycles. The second kappa shape index (κ2) is 8.74. The number of carbonyl (C=O) groups excluding carboxylic acids is 1. The van der Waals surface area contributed by atoms with E-state index < -0.39 is 0 Å². The summed E-state index contributed by atoms with van der Waals surface area (Å²) < 4.78 is 0. The van der Waals surface area contributed by atoms with Crippen molar-refractivity contribution in [2.45, 2.75) is 18.9 Å². The van der Waals surface area contributed by atoms with Gasteiger partial charge in [-0.3, -0.25) is 4.79 Å². The summed E-state index contributed by atoms with van der Waals surface area (Å²) in [6.07, 6.45) is 1.52. The smallest absolute Gasteiger partial charge is 0.250 e. The molecule has 3 rings (SSSR count). The SMILES string of the molecule is Cc1ccc2nc(SCC(=O)N/N=C\c3ccc(Cl)c(Cl)c3)cc(C)c2c1. The van der Waals surface area contributed by atoms with E-state index in [1.165, 1.54) is 23.5 Å². The van der Waals surface area contributed by atoms with Crippen LogP contribution >= 0.6 is 35.0 Å². The van der Waals surface area contributed by atoms with Crippen molar-refractivity contribution in [3.8, 4) is 0 Å². The molecule has 4 nitrogen and oxygen atoms in total. The number of thioether (sulfide) groups is 1. The highest BCUT2D eigenvalue weighted by Gasteiger charge is 2.07. The lowest BCUT2D eigenvalue weighted by molar-refractivity contribution is -0.118. The summed E-state index contributed by atoms with van der Waals surface area (Å²) in [4.78, 5) is 16.6. The molecule has 0 aliphatic heterocycles. The zero-order valence-electron chi connectivity index (χ0n) is 14.8. The molecule has 1 N–H and O–H groups in total. The number of pyridine rings is 1. The predicted octanol–water partition coefficient (Wildman–Crippen LogP) is 5.40. The van der Waals surface area contributed by atoms with Crippen molar-refractivity contribution >= 4 is 58.0 Å². The van der Waals surface area contributed by atoms with E-state index in [4.69, 9.17) is 23.2 Å². The number of nitrogens with zero attached hydrogens (tertiary/aromatic N) is 2. The van der Waals surface area contributed by atoms with Gasteiger partial charge in [0.25, 0.3) is 0 Å². The molecule has 0 atom stereocenters. The monoisotopic (exact) mass is 417 g/mol. The summed E-state index contributed by atoms with van der Waals surface area (Å²) in [5.41, 5.74) is 6.53. The zero-order chi connectivity index (χ0) is 19.4. The van der Waals surface area contributed by atoms with Crippen LogP contribution in [0, 0.1) is 13.8 Å². The van der Waals surface area contributed by atoms with E-state index in [9.17, 15) is 4.79 Å². The van der Waals surface area contributed by atoms with Crippen LogP contribution < -0.4 is 5.43 Å². The Hall–Kier alpha value is -2.08. The normalized spacial score (nSPS) is 11.3. The Morgan fingerprint density at radius 3 is 2.74 bits per heavy atom. The van der Waals surface area contributed by atoms with Crippen LogP contribution in [0.25, 0.3) is 10.9 Å². The van der Waals surface area contributed by atoms with Gasteiger partial charge in [0.1, 0.15) is 0 Å². The molecule has 0 aliphatic carbocycles. The van der Waals surface area contributed by atoms with Gasteiger partial charge in [-0.05, 0) is 55.3 Å². The minimum absolute atomic E-state index is 0.209. The fourth-order valence-electron chi connectivity index (χ4n) is 2.49. The van der Waals surface area contributed by atoms with Gasteiger partial charge in [-0.2, -0.15) is 5.10 Å². The van der Waals surface area contributed by atoms with Crippen LogP contribution in [0.3, 0.4) is 0 Å². The molecule has 0 fully saturated rings. The van der Waals surface area contributed by atoms with Crippen molar-refractivity contribution in [1.29, 1.82) is 0 Å². The molecule has 138 valence electrons. The van der Waals surface area contributed by atoms with Gasteiger partial charge in [-0.1, -0.05) is 52.7 Å². The van der Waals surface area contributed by atoms with E-state index in [1.54, 1.807) is 18.2 Å². The molecule has 3 aromatic rings. The van der Waals surface area contributed by atoms with Gasteiger partial charge in [-0.15, -0.1) is 0 Å². The van der Waals surface area contributed by atoms with Gasteiger partial charge in [0.2, 0.25) is 5.91 Å². The summed E-state index contributed by atoms with van der Waals surface area (Å²) in [7, 11) is 0. The Kier molecular flexibility index (Phi) is 6.37. The molecule has 1 amide bonds. The molecule has 7 heteroatoms. The number of benzene rings is 2. The summed E-state index contributed by atoms with van der Waals surface area (Å²) >= 11 is 13.2. The van der Waals surface area contributed by atoms with E-state index in [2.05, 4.69) is 35.4 Å². The summed E-state index contributed by atoms with van der Waals surface area (Å²) in [5.74, 6) is 0.0162. The van der Waals surface area contributed by atoms with Crippen LogP contribution in [0.2, 0.25) is 10.0 Å². The molecular formula is C20H17Cl2N3OS. The van der Waals surface area contributed by atoms with Crippen LogP contribution in [0.1, 0.15) is 16.7 Å². The first-order chi connectivity index (χ1) is 12.9. The maximum Gasteiger partial charge on any atom is 0.250 e. The second-order valence-electron chi connectivity index (χ2n) is 6.05. The Morgan fingerprint density at radius 1 is 1.15 bits per heavy atom. The van der Waals surface area contributed by atoms with Crippen molar-refractivity contribution < 1.29 is 4.79 Å². The molecule has 0 bridgehead atoms. The van der Waals surface area contributed by atoms with Gasteiger partial charge in [0, 0.05) is 5.39 Å². The number of halogens is 2. The maximum absolute atomic E-state index is 12.0. The fourth-order valence-corrected chi connectivity index (χ4v) is 3.57. The molecule has 0 radical (unpaired) electrons. The highest BCUT2D eigenvalue weighted by atomic mass is 35.5. The molecule has 27 heavy (non-hydrogen) atoms. The summed E-state index contributed by atoms with van der Waals surface area (Å²) in [6.45, 7) is 4.11. The van der Waals surface area contributed by atoms with Crippen molar-refractivity contribution in [2.24, 2.45) is 5.10 Å². The van der Waals surface area contributed by atoms with Crippen LogP contribution in [0.4, 0.5) is 0 Å². The van der Waals surface area contributed by atoms with E-state index in [-0.39, 0.29) is 11.7 Å². The first kappa shape index (κ1) is 19.7. The molecule has 0 unspecified atom stereocenters. The van der Waals surface area contributed by atoms with Gasteiger partial charge in [0.05, 0.1) is 32.6 Å². The van der Waals surface area contributed by atoms with Crippen molar-refractivity contribution in [3.05, 3.63) is 69.2 Å². The molecular weight excluding hydrogens is 401 g/mol. The quantitative estimate of drug-likeness (QED) is 0.343. The number of nitrogens with one attached hydrogen (secondary N) is 1. The summed E-state index contributed by atoms with van der Waals surface area (Å²) in [5, 5.41) is 6.80. The number of rotatable bonds is 5. The van der Waals surface area contributed by atoms with Crippen LogP contribution in [0.15, 0.2) is 52.6 Å². The Bertz CT molecular complexity index is 1040. The number of aromatic nitrogens is 1. The van der Waals surface area contributed by atoms with Crippen molar-refractivity contribution in [2.75, 3.05) is 5.75 Å². The second-order valence-corrected chi connectivity index (χ2v) is 7.86. The number of hydrazone groups is 1. The number of amides is 1. The first-order valence-corrected chi connectivity index (χ1v) is 9.94. The van der Waals surface area contributed by atoms with Gasteiger partial charge in [0.15, 0.2) is 0 Å². The Labute approximate surface area is 172 Å². The summed E-state index contributed by atoms with van der Waals surface area (Å²) in [6, 6.07) is 13.3. The lowest BCUT2D eigenvalue weighted by atomic mass is 10.1. The molecule has 1 aromatic heterocycles. The van der Waals surface area contributed by atoms with Crippen molar-refractivity contribution in [3.63, 3.8) is 0 Å². The topological polar surface area (TPSA) is 54.4 Å². The number of aryl methyl sites for hydroxylation is 2. The third-order valence-electron chi connectivity index (χ3n) is 3.85. The molecule has 0 spiro atoms. The van der Waals surface area contributed by atoms with Crippen molar-refractivity contribution in [1.82, 2.24) is 10.4 Å². The van der Waals surface area contributed by atoms with Crippen LogP contribution in [0.5, 0.6) is 0 Å². The molecule has 0 saturated heterocycles. The molecule has 0 saturated carbocycles. The zero-order valence-corrected chi connectivity index (χ0v) is 17.1. The lowest BCUT2D eigenvalue weighted by Gasteiger charge is -2.07. The fraction of sp³-hybridized carbons (Fsp3) is 0.150. The van der Waals surface area contributed by atoms with E-state index in [0.29, 0.717) is 10.0 Å². The average Bonchev–Trinajstić information content (AvgIpc) is 2.63. The van der Waals surface area contributed by atoms with E-state index in [1.807, 2.05) is 18.2 Å². The Balaban J connectivity index is 1.59. The number of carbonyl (C=O) groups is 1.